The highest BCUT2D eigenvalue weighted by Crippen LogP contribution is 2.38. The van der Waals surface area contributed by atoms with Gasteiger partial charge in [-0.05, 0) is 68.7 Å². The first-order chi connectivity index (χ1) is 14.6. The Kier molecular flexibility index (Phi) is 3.98. The first-order valence-electron chi connectivity index (χ1n) is 8.56. The van der Waals surface area contributed by atoms with Crippen molar-refractivity contribution in [3.63, 3.8) is 0 Å². The van der Waals surface area contributed by atoms with Gasteiger partial charge in [0, 0.05) is 0 Å². The van der Waals surface area contributed by atoms with Crippen molar-refractivity contribution in [2.24, 2.45) is 0 Å². The molecule has 0 spiro atoms. The van der Waals surface area contributed by atoms with Gasteiger partial charge in [0.15, 0.2) is 0 Å². The number of nitriles is 6. The largest absolute Gasteiger partial charge is 0.192 e. The average molecular weight is 378 g/mol. The lowest BCUT2D eigenvalue weighted by Gasteiger charge is -2.13. The van der Waals surface area contributed by atoms with Crippen molar-refractivity contribution in [1.82, 2.24) is 0 Å². The molecule has 0 radical (unpaired) electrons. The Morgan fingerprint density at radius 3 is 0.533 bits per heavy atom. The monoisotopic (exact) mass is 378 g/mol. The van der Waals surface area contributed by atoms with Crippen molar-refractivity contribution >= 4 is 32.3 Å². The van der Waals surface area contributed by atoms with Gasteiger partial charge < -0.3 is 0 Å². The van der Waals surface area contributed by atoms with Crippen molar-refractivity contribution in [1.29, 1.82) is 31.6 Å². The van der Waals surface area contributed by atoms with Gasteiger partial charge in [-0.15, -0.1) is 0 Å². The number of fused-ring (bicyclic) bond motifs is 6. The third-order valence-corrected chi connectivity index (χ3v) is 5.07. The minimum Gasteiger partial charge on any atom is -0.192 e. The van der Waals surface area contributed by atoms with Gasteiger partial charge in [0.1, 0.15) is 36.4 Å². The van der Waals surface area contributed by atoms with E-state index < -0.39 is 0 Å². The molecular weight excluding hydrogens is 372 g/mol. The second kappa shape index (κ2) is 6.64. The molecule has 0 aliphatic rings. The van der Waals surface area contributed by atoms with Crippen LogP contribution < -0.4 is 0 Å². The van der Waals surface area contributed by atoms with Gasteiger partial charge >= 0.3 is 0 Å². The molecule has 132 valence electrons. The SMILES string of the molecule is N#Cc1cc2c3cc(C#N)c(C#N)cc3c3cc(C#N)c(C#N)cc3c2cc1C#N. The van der Waals surface area contributed by atoms with E-state index in [1.165, 1.54) is 0 Å². The summed E-state index contributed by atoms with van der Waals surface area (Å²) in [5.41, 5.74) is 1.10. The molecule has 0 N–H and O–H groups in total. The molecule has 0 amide bonds. The predicted molar refractivity (Wildman–Crippen MR) is 107 cm³/mol. The fourth-order valence-corrected chi connectivity index (χ4v) is 3.69. The summed E-state index contributed by atoms with van der Waals surface area (Å²) in [6.07, 6.45) is 0. The molecule has 0 fully saturated rings. The molecule has 0 aromatic heterocycles. The van der Waals surface area contributed by atoms with Crippen molar-refractivity contribution in [2.45, 2.75) is 0 Å². The quantitative estimate of drug-likeness (QED) is 0.415. The summed E-state index contributed by atoms with van der Waals surface area (Å²) in [5.74, 6) is 0. The molecule has 0 saturated carbocycles. The Balaban J connectivity index is 2.42. The summed E-state index contributed by atoms with van der Waals surface area (Å²) < 4.78 is 0. The first-order valence-corrected chi connectivity index (χ1v) is 8.56. The van der Waals surface area contributed by atoms with Gasteiger partial charge in [-0.3, -0.25) is 0 Å². The molecule has 0 heterocycles. The third kappa shape index (κ3) is 2.38. The van der Waals surface area contributed by atoms with Crippen molar-refractivity contribution in [3.8, 4) is 36.4 Å². The van der Waals surface area contributed by atoms with E-state index >= 15 is 0 Å². The van der Waals surface area contributed by atoms with Crippen LogP contribution in [0.5, 0.6) is 0 Å². The zero-order valence-electron chi connectivity index (χ0n) is 15.1. The van der Waals surface area contributed by atoms with Crippen LogP contribution in [0.15, 0.2) is 36.4 Å². The van der Waals surface area contributed by atoms with Crippen LogP contribution in [0.1, 0.15) is 33.4 Å². The molecule has 0 saturated heterocycles. The van der Waals surface area contributed by atoms with Crippen LogP contribution in [-0.4, -0.2) is 0 Å². The maximum absolute atomic E-state index is 9.45. The molecule has 6 nitrogen and oxygen atoms in total. The summed E-state index contributed by atoms with van der Waals surface area (Å²) in [6.45, 7) is 0. The van der Waals surface area contributed by atoms with Crippen molar-refractivity contribution in [3.05, 3.63) is 69.8 Å². The van der Waals surface area contributed by atoms with Gasteiger partial charge in [0.25, 0.3) is 0 Å². The average Bonchev–Trinajstić information content (AvgIpc) is 2.81. The lowest BCUT2D eigenvalue weighted by Crippen LogP contribution is -1.93. The maximum atomic E-state index is 9.45. The molecule has 6 heteroatoms. The molecular formula is C24H6N6. The first kappa shape index (κ1) is 18.0. The van der Waals surface area contributed by atoms with E-state index in [0.717, 1.165) is 0 Å². The predicted octanol–water partition coefficient (Wildman–Crippen LogP) is 4.38. The normalized spacial score (nSPS) is 9.80. The van der Waals surface area contributed by atoms with Crippen LogP contribution in [0.25, 0.3) is 32.3 Å². The maximum Gasteiger partial charge on any atom is 0.101 e. The number of nitrogens with zero attached hydrogens (tertiary/aromatic N) is 6. The Hall–Kier alpha value is -5.40. The standard InChI is InChI=1S/C24H6N6/c25-7-13-1-19-20(2-14(13)8-26)22-5-17(11-29)18(12-30)6-24(22)23-4-16(10-28)15(9-27)3-21(19)23/h1-6H. The lowest BCUT2D eigenvalue weighted by atomic mass is 9.88. The zero-order valence-corrected chi connectivity index (χ0v) is 15.1. The number of hydrogen-bond acceptors (Lipinski definition) is 6. The Bertz CT molecular complexity index is 1340. The highest BCUT2D eigenvalue weighted by Gasteiger charge is 2.17. The van der Waals surface area contributed by atoms with E-state index in [1.54, 1.807) is 36.4 Å². The molecule has 0 bridgehead atoms. The molecule has 0 unspecified atom stereocenters. The lowest BCUT2D eigenvalue weighted by molar-refractivity contribution is 1.44. The summed E-state index contributed by atoms with van der Waals surface area (Å²) in [5, 5.41) is 60.4. The minimum absolute atomic E-state index is 0.183. The second-order valence-corrected chi connectivity index (χ2v) is 6.50. The molecule has 30 heavy (non-hydrogen) atoms. The summed E-state index contributed by atoms with van der Waals surface area (Å²) >= 11 is 0. The van der Waals surface area contributed by atoms with Crippen LogP contribution >= 0.6 is 0 Å². The number of benzene rings is 4. The smallest absolute Gasteiger partial charge is 0.101 e. The minimum atomic E-state index is 0.183. The number of rotatable bonds is 0. The van der Waals surface area contributed by atoms with Crippen LogP contribution in [-0.2, 0) is 0 Å². The molecule has 4 aromatic rings. The van der Waals surface area contributed by atoms with Gasteiger partial charge in [-0.1, -0.05) is 0 Å². The van der Waals surface area contributed by atoms with E-state index in [0.29, 0.717) is 32.3 Å². The van der Waals surface area contributed by atoms with Gasteiger partial charge in [0.05, 0.1) is 33.4 Å². The van der Waals surface area contributed by atoms with Crippen molar-refractivity contribution < 1.29 is 0 Å². The fourth-order valence-electron chi connectivity index (χ4n) is 3.69. The second-order valence-electron chi connectivity index (χ2n) is 6.50. The molecule has 4 aromatic carbocycles. The topological polar surface area (TPSA) is 143 Å². The molecule has 0 atom stereocenters. The van der Waals surface area contributed by atoms with Crippen molar-refractivity contribution in [2.75, 3.05) is 0 Å². The summed E-state index contributed by atoms with van der Waals surface area (Å²) in [6, 6.07) is 21.5. The van der Waals surface area contributed by atoms with E-state index in [1.807, 2.05) is 36.4 Å². The fraction of sp³-hybridized carbons (Fsp3) is 0. The van der Waals surface area contributed by atoms with Crippen LogP contribution in [0.2, 0.25) is 0 Å². The summed E-state index contributed by atoms with van der Waals surface area (Å²) in [4.78, 5) is 0. The van der Waals surface area contributed by atoms with Crippen LogP contribution in [0, 0.1) is 68.0 Å². The van der Waals surface area contributed by atoms with Gasteiger partial charge in [-0.2, -0.15) is 31.6 Å². The van der Waals surface area contributed by atoms with Crippen LogP contribution in [0.3, 0.4) is 0 Å². The summed E-state index contributed by atoms with van der Waals surface area (Å²) in [7, 11) is 0. The Morgan fingerprint density at radius 2 is 0.433 bits per heavy atom. The zero-order chi connectivity index (χ0) is 21.4. The van der Waals surface area contributed by atoms with Gasteiger partial charge in [-0.25, -0.2) is 0 Å². The van der Waals surface area contributed by atoms with E-state index in [2.05, 4.69) is 0 Å². The van der Waals surface area contributed by atoms with E-state index in [-0.39, 0.29) is 33.4 Å². The highest BCUT2D eigenvalue weighted by atomic mass is 14.3. The van der Waals surface area contributed by atoms with E-state index in [4.69, 9.17) is 0 Å². The molecule has 0 aliphatic heterocycles. The van der Waals surface area contributed by atoms with Crippen LogP contribution in [0.4, 0.5) is 0 Å². The highest BCUT2D eigenvalue weighted by molar-refractivity contribution is 6.26. The van der Waals surface area contributed by atoms with Gasteiger partial charge in [0.2, 0.25) is 0 Å². The molecule has 0 aliphatic carbocycles. The number of hydrogen-bond donors (Lipinski definition) is 0. The Morgan fingerprint density at radius 1 is 0.300 bits per heavy atom. The Labute approximate surface area is 170 Å². The van der Waals surface area contributed by atoms with E-state index in [9.17, 15) is 31.6 Å². The molecule has 4 rings (SSSR count). The third-order valence-electron chi connectivity index (χ3n) is 5.07.